The number of carboxylic acids is 1. The highest BCUT2D eigenvalue weighted by Crippen LogP contribution is 1.79. The fourth-order valence-electron chi connectivity index (χ4n) is 0.474. The predicted octanol–water partition coefficient (Wildman–Crippen LogP) is -0.0553. The normalized spacial score (nSPS) is 11.4. The Bertz CT molecular complexity index is 191. The number of rotatable bonds is 4. The van der Waals surface area contributed by atoms with Crippen molar-refractivity contribution in [1.82, 2.24) is 10.6 Å². The Morgan fingerprint density at radius 3 is 2.67 bits per heavy atom. The maximum atomic E-state index is 10.8. The number of amides is 2. The van der Waals surface area contributed by atoms with E-state index in [0.29, 0.717) is 6.54 Å². The van der Waals surface area contributed by atoms with Gasteiger partial charge in [-0.3, -0.25) is 4.79 Å². The third kappa shape index (κ3) is 4.32. The van der Waals surface area contributed by atoms with Gasteiger partial charge >= 0.3 is 12.0 Å². The highest BCUT2D eigenvalue weighted by atomic mass is 16.4. The Kier molecular flexibility index (Phi) is 4.52. The standard InChI is InChI=1S/C7H12N2O3/c1-3-4-8-7(12)9-5(2)6(10)11/h3,5H,1,4H2,2H3,(H,10,11)(H2,8,9,12). The first-order chi connectivity index (χ1) is 5.57. The molecule has 0 aromatic rings. The first kappa shape index (κ1) is 10.5. The maximum Gasteiger partial charge on any atom is 0.325 e. The molecule has 0 radical (unpaired) electrons. The van der Waals surface area contributed by atoms with Crippen molar-refractivity contribution in [2.24, 2.45) is 0 Å². The van der Waals surface area contributed by atoms with Crippen molar-refractivity contribution >= 4 is 12.0 Å². The van der Waals surface area contributed by atoms with Crippen LogP contribution < -0.4 is 10.6 Å². The van der Waals surface area contributed by atoms with Gasteiger partial charge in [0.15, 0.2) is 0 Å². The van der Waals surface area contributed by atoms with E-state index in [4.69, 9.17) is 5.11 Å². The van der Waals surface area contributed by atoms with E-state index >= 15 is 0 Å². The summed E-state index contributed by atoms with van der Waals surface area (Å²) in [4.78, 5) is 21.0. The molecule has 0 bridgehead atoms. The summed E-state index contributed by atoms with van der Waals surface area (Å²) in [6.07, 6.45) is 1.50. The first-order valence-corrected chi connectivity index (χ1v) is 3.46. The Morgan fingerprint density at radius 1 is 1.67 bits per heavy atom. The minimum absolute atomic E-state index is 0.318. The molecule has 1 atom stereocenters. The molecule has 0 aromatic carbocycles. The molecule has 5 nitrogen and oxygen atoms in total. The highest BCUT2D eigenvalue weighted by Gasteiger charge is 2.12. The van der Waals surface area contributed by atoms with Crippen LogP contribution in [0.3, 0.4) is 0 Å². The molecule has 0 heterocycles. The second-order valence-corrected chi connectivity index (χ2v) is 2.20. The molecule has 0 rings (SSSR count). The summed E-state index contributed by atoms with van der Waals surface area (Å²) in [5, 5.41) is 13.0. The molecule has 1 unspecified atom stereocenters. The Morgan fingerprint density at radius 2 is 2.25 bits per heavy atom. The second-order valence-electron chi connectivity index (χ2n) is 2.20. The molecule has 12 heavy (non-hydrogen) atoms. The monoisotopic (exact) mass is 172 g/mol. The summed E-state index contributed by atoms with van der Waals surface area (Å²) in [7, 11) is 0. The van der Waals surface area contributed by atoms with Crippen LogP contribution in [0.5, 0.6) is 0 Å². The fourth-order valence-corrected chi connectivity index (χ4v) is 0.474. The van der Waals surface area contributed by atoms with Gasteiger partial charge in [0.05, 0.1) is 0 Å². The van der Waals surface area contributed by atoms with Crippen LogP contribution in [0.2, 0.25) is 0 Å². The van der Waals surface area contributed by atoms with Crippen molar-refractivity contribution in [3.05, 3.63) is 12.7 Å². The van der Waals surface area contributed by atoms with Crippen molar-refractivity contribution in [1.29, 1.82) is 0 Å². The molecule has 0 aliphatic carbocycles. The lowest BCUT2D eigenvalue weighted by molar-refractivity contribution is -0.138. The van der Waals surface area contributed by atoms with Gasteiger partial charge < -0.3 is 15.7 Å². The topological polar surface area (TPSA) is 78.4 Å². The minimum atomic E-state index is -1.07. The summed E-state index contributed by atoms with van der Waals surface area (Å²) in [5.74, 6) is -1.07. The Hall–Kier alpha value is -1.52. The van der Waals surface area contributed by atoms with E-state index < -0.39 is 18.0 Å². The third-order valence-electron chi connectivity index (χ3n) is 1.12. The molecular formula is C7H12N2O3. The molecule has 0 saturated heterocycles. The number of aliphatic carboxylic acids is 1. The second kappa shape index (κ2) is 5.17. The SMILES string of the molecule is C=CCNC(=O)NC(C)C(=O)O. The van der Waals surface area contributed by atoms with E-state index in [9.17, 15) is 9.59 Å². The van der Waals surface area contributed by atoms with E-state index in [2.05, 4.69) is 17.2 Å². The lowest BCUT2D eigenvalue weighted by Crippen LogP contribution is -2.44. The molecule has 2 amide bonds. The lowest BCUT2D eigenvalue weighted by Gasteiger charge is -2.08. The van der Waals surface area contributed by atoms with Gasteiger partial charge in [0.2, 0.25) is 0 Å². The summed E-state index contributed by atoms with van der Waals surface area (Å²) < 4.78 is 0. The molecule has 68 valence electrons. The van der Waals surface area contributed by atoms with E-state index in [1.165, 1.54) is 13.0 Å². The van der Waals surface area contributed by atoms with E-state index in [1.807, 2.05) is 0 Å². The number of nitrogens with one attached hydrogen (secondary N) is 2. The van der Waals surface area contributed by atoms with Gasteiger partial charge in [-0.15, -0.1) is 6.58 Å². The number of carbonyl (C=O) groups excluding carboxylic acids is 1. The third-order valence-corrected chi connectivity index (χ3v) is 1.12. The molecule has 0 saturated carbocycles. The zero-order valence-electron chi connectivity index (χ0n) is 6.83. The van der Waals surface area contributed by atoms with Gasteiger partial charge in [-0.25, -0.2) is 4.79 Å². The van der Waals surface area contributed by atoms with E-state index in [-0.39, 0.29) is 0 Å². The summed E-state index contributed by atoms with van der Waals surface area (Å²) in [6.45, 7) is 5.09. The molecule has 0 aromatic heterocycles. The van der Waals surface area contributed by atoms with Crippen molar-refractivity contribution in [3.8, 4) is 0 Å². The van der Waals surface area contributed by atoms with E-state index in [1.54, 1.807) is 0 Å². The predicted molar refractivity (Wildman–Crippen MR) is 43.8 cm³/mol. The quantitative estimate of drug-likeness (QED) is 0.520. The molecule has 3 N–H and O–H groups in total. The van der Waals surface area contributed by atoms with Crippen LogP contribution in [0.25, 0.3) is 0 Å². The first-order valence-electron chi connectivity index (χ1n) is 3.46. The average molecular weight is 172 g/mol. The lowest BCUT2D eigenvalue weighted by atomic mass is 10.3. The summed E-state index contributed by atoms with van der Waals surface area (Å²) >= 11 is 0. The molecular weight excluding hydrogens is 160 g/mol. The molecule has 0 aliphatic rings. The molecule has 0 fully saturated rings. The average Bonchev–Trinajstić information content (AvgIpc) is 2.00. The highest BCUT2D eigenvalue weighted by molar-refractivity contribution is 5.82. The summed E-state index contributed by atoms with van der Waals surface area (Å²) in [5.41, 5.74) is 0. The molecule has 0 spiro atoms. The number of urea groups is 1. The van der Waals surface area contributed by atoms with Crippen molar-refractivity contribution < 1.29 is 14.7 Å². The van der Waals surface area contributed by atoms with Crippen LogP contribution in [0.4, 0.5) is 4.79 Å². The van der Waals surface area contributed by atoms with Crippen LogP contribution >= 0.6 is 0 Å². The number of carbonyl (C=O) groups is 2. The van der Waals surface area contributed by atoms with Gasteiger partial charge in [-0.1, -0.05) is 6.08 Å². The smallest absolute Gasteiger partial charge is 0.325 e. The van der Waals surface area contributed by atoms with Crippen molar-refractivity contribution in [3.63, 3.8) is 0 Å². The van der Waals surface area contributed by atoms with Crippen molar-refractivity contribution in [2.75, 3.05) is 6.54 Å². The molecule has 0 aliphatic heterocycles. The Labute approximate surface area is 70.5 Å². The summed E-state index contributed by atoms with van der Waals surface area (Å²) in [6, 6.07) is -1.39. The van der Waals surface area contributed by atoms with Gasteiger partial charge in [-0.05, 0) is 6.92 Å². The molecule has 5 heteroatoms. The fraction of sp³-hybridized carbons (Fsp3) is 0.429. The van der Waals surface area contributed by atoms with Crippen LogP contribution in [-0.4, -0.2) is 29.7 Å². The number of hydrogen-bond donors (Lipinski definition) is 3. The van der Waals surface area contributed by atoms with Crippen LogP contribution in [0, 0.1) is 0 Å². The van der Waals surface area contributed by atoms with E-state index in [0.717, 1.165) is 0 Å². The minimum Gasteiger partial charge on any atom is -0.480 e. The zero-order valence-corrected chi connectivity index (χ0v) is 6.83. The van der Waals surface area contributed by atoms with Crippen LogP contribution in [0.1, 0.15) is 6.92 Å². The number of carboxylic acid groups (broad SMARTS) is 1. The Balaban J connectivity index is 3.68. The van der Waals surface area contributed by atoms with Crippen LogP contribution in [0.15, 0.2) is 12.7 Å². The van der Waals surface area contributed by atoms with Crippen molar-refractivity contribution in [2.45, 2.75) is 13.0 Å². The zero-order chi connectivity index (χ0) is 9.56. The van der Waals surface area contributed by atoms with Gasteiger partial charge in [0, 0.05) is 6.54 Å². The number of hydrogen-bond acceptors (Lipinski definition) is 2. The van der Waals surface area contributed by atoms with Gasteiger partial charge in [0.25, 0.3) is 0 Å². The van der Waals surface area contributed by atoms with Gasteiger partial charge in [0.1, 0.15) is 6.04 Å². The van der Waals surface area contributed by atoms with Gasteiger partial charge in [-0.2, -0.15) is 0 Å². The van der Waals surface area contributed by atoms with Crippen LogP contribution in [-0.2, 0) is 4.79 Å². The largest absolute Gasteiger partial charge is 0.480 e. The maximum absolute atomic E-state index is 10.8.